The first-order chi connectivity index (χ1) is 10.5. The zero-order valence-corrected chi connectivity index (χ0v) is 13.6. The van der Waals surface area contributed by atoms with Gasteiger partial charge in [-0.25, -0.2) is 4.68 Å². The van der Waals surface area contributed by atoms with E-state index in [2.05, 4.69) is 10.4 Å². The molecule has 0 aliphatic rings. The SMILES string of the molecule is CCNCc1cc(-c2cccc(OC(C)C)c2)nn(C)c1=O. The quantitative estimate of drug-likeness (QED) is 0.890. The molecule has 2 aromatic rings. The Labute approximate surface area is 130 Å². The van der Waals surface area contributed by atoms with Gasteiger partial charge in [0.1, 0.15) is 5.75 Å². The number of nitrogens with one attached hydrogen (secondary N) is 1. The number of benzene rings is 1. The van der Waals surface area contributed by atoms with Crippen LogP contribution in [0.3, 0.4) is 0 Å². The highest BCUT2D eigenvalue weighted by atomic mass is 16.5. The number of aryl methyl sites for hydroxylation is 1. The van der Waals surface area contributed by atoms with Gasteiger partial charge in [-0.3, -0.25) is 4.79 Å². The van der Waals surface area contributed by atoms with Crippen molar-refractivity contribution in [3.8, 4) is 17.0 Å². The molecule has 1 heterocycles. The minimum Gasteiger partial charge on any atom is -0.491 e. The Hall–Kier alpha value is -2.14. The number of hydrogen-bond acceptors (Lipinski definition) is 4. The van der Waals surface area contributed by atoms with Crippen molar-refractivity contribution < 1.29 is 4.74 Å². The summed E-state index contributed by atoms with van der Waals surface area (Å²) in [6.45, 7) is 7.36. The van der Waals surface area contributed by atoms with E-state index in [0.29, 0.717) is 12.1 Å². The van der Waals surface area contributed by atoms with Gasteiger partial charge in [0.2, 0.25) is 0 Å². The van der Waals surface area contributed by atoms with Crippen LogP contribution in [0.25, 0.3) is 11.3 Å². The number of ether oxygens (including phenoxy) is 1. The van der Waals surface area contributed by atoms with E-state index in [9.17, 15) is 4.79 Å². The summed E-state index contributed by atoms with van der Waals surface area (Å²) in [4.78, 5) is 12.1. The van der Waals surface area contributed by atoms with E-state index in [1.807, 2.05) is 51.1 Å². The lowest BCUT2D eigenvalue weighted by molar-refractivity contribution is 0.242. The lowest BCUT2D eigenvalue weighted by Gasteiger charge is -2.12. The van der Waals surface area contributed by atoms with Crippen molar-refractivity contribution in [2.45, 2.75) is 33.4 Å². The van der Waals surface area contributed by atoms with Gasteiger partial charge in [0.05, 0.1) is 11.8 Å². The third-order valence-electron chi connectivity index (χ3n) is 3.20. The standard InChI is InChI=1S/C17H23N3O2/c1-5-18-11-14-10-16(19-20(4)17(14)21)13-7-6-8-15(9-13)22-12(2)3/h6-10,12,18H,5,11H2,1-4H3. The summed E-state index contributed by atoms with van der Waals surface area (Å²) in [5.41, 5.74) is 2.35. The Morgan fingerprint density at radius 3 is 2.77 bits per heavy atom. The van der Waals surface area contributed by atoms with Crippen LogP contribution in [-0.2, 0) is 13.6 Å². The van der Waals surface area contributed by atoms with Crippen LogP contribution >= 0.6 is 0 Å². The molecule has 0 aliphatic heterocycles. The molecule has 0 amide bonds. The van der Waals surface area contributed by atoms with E-state index >= 15 is 0 Å². The fourth-order valence-electron chi connectivity index (χ4n) is 2.20. The maximum atomic E-state index is 12.1. The molecule has 22 heavy (non-hydrogen) atoms. The van der Waals surface area contributed by atoms with Crippen LogP contribution in [0.2, 0.25) is 0 Å². The summed E-state index contributed by atoms with van der Waals surface area (Å²) in [7, 11) is 1.68. The summed E-state index contributed by atoms with van der Waals surface area (Å²) >= 11 is 0. The van der Waals surface area contributed by atoms with Gasteiger partial charge in [0.25, 0.3) is 5.56 Å². The Bertz CT molecular complexity index is 693. The molecule has 2 rings (SSSR count). The zero-order chi connectivity index (χ0) is 16.1. The Morgan fingerprint density at radius 1 is 1.32 bits per heavy atom. The molecule has 0 saturated carbocycles. The Kier molecular flexibility index (Phi) is 5.33. The van der Waals surface area contributed by atoms with Gasteiger partial charge in [-0.05, 0) is 38.6 Å². The van der Waals surface area contributed by atoms with Gasteiger partial charge in [-0.15, -0.1) is 0 Å². The van der Waals surface area contributed by atoms with Crippen molar-refractivity contribution in [1.29, 1.82) is 0 Å². The number of nitrogens with zero attached hydrogens (tertiary/aromatic N) is 2. The second kappa shape index (κ2) is 7.22. The Morgan fingerprint density at radius 2 is 2.09 bits per heavy atom. The van der Waals surface area contributed by atoms with E-state index in [-0.39, 0.29) is 11.7 Å². The van der Waals surface area contributed by atoms with Gasteiger partial charge in [0, 0.05) is 24.7 Å². The van der Waals surface area contributed by atoms with Crippen LogP contribution in [-0.4, -0.2) is 22.4 Å². The fourth-order valence-corrected chi connectivity index (χ4v) is 2.20. The number of hydrogen-bond donors (Lipinski definition) is 1. The largest absolute Gasteiger partial charge is 0.491 e. The predicted molar refractivity (Wildman–Crippen MR) is 88.1 cm³/mol. The average Bonchev–Trinajstić information content (AvgIpc) is 2.48. The maximum absolute atomic E-state index is 12.1. The van der Waals surface area contributed by atoms with Crippen molar-refractivity contribution in [2.24, 2.45) is 7.05 Å². The van der Waals surface area contributed by atoms with E-state index in [1.165, 1.54) is 4.68 Å². The molecular weight excluding hydrogens is 278 g/mol. The first kappa shape index (κ1) is 16.2. The highest BCUT2D eigenvalue weighted by Gasteiger charge is 2.09. The highest BCUT2D eigenvalue weighted by Crippen LogP contribution is 2.22. The lowest BCUT2D eigenvalue weighted by Crippen LogP contribution is -2.27. The third kappa shape index (κ3) is 3.95. The second-order valence-electron chi connectivity index (χ2n) is 5.46. The summed E-state index contributed by atoms with van der Waals surface area (Å²) in [5.74, 6) is 0.802. The molecule has 1 aromatic carbocycles. The molecule has 118 valence electrons. The monoisotopic (exact) mass is 301 g/mol. The Balaban J connectivity index is 2.39. The summed E-state index contributed by atoms with van der Waals surface area (Å²) in [6.07, 6.45) is 0.118. The molecule has 0 spiro atoms. The summed E-state index contributed by atoms with van der Waals surface area (Å²) in [5, 5.41) is 7.54. The van der Waals surface area contributed by atoms with Gasteiger partial charge >= 0.3 is 0 Å². The lowest BCUT2D eigenvalue weighted by atomic mass is 10.1. The second-order valence-corrected chi connectivity index (χ2v) is 5.46. The van der Waals surface area contributed by atoms with E-state index in [4.69, 9.17) is 4.74 Å². The first-order valence-electron chi connectivity index (χ1n) is 7.56. The number of rotatable bonds is 6. The van der Waals surface area contributed by atoms with Crippen molar-refractivity contribution in [3.63, 3.8) is 0 Å². The molecule has 0 atom stereocenters. The summed E-state index contributed by atoms with van der Waals surface area (Å²) < 4.78 is 7.10. The molecule has 0 saturated heterocycles. The van der Waals surface area contributed by atoms with Gasteiger partial charge in [-0.2, -0.15) is 5.10 Å². The molecule has 1 N–H and O–H groups in total. The van der Waals surface area contributed by atoms with Crippen molar-refractivity contribution in [1.82, 2.24) is 15.1 Å². The predicted octanol–water partition coefficient (Wildman–Crippen LogP) is 2.34. The fraction of sp³-hybridized carbons (Fsp3) is 0.412. The first-order valence-corrected chi connectivity index (χ1v) is 7.56. The van der Waals surface area contributed by atoms with Gasteiger partial charge in [-0.1, -0.05) is 19.1 Å². The molecule has 5 heteroatoms. The van der Waals surface area contributed by atoms with Crippen LogP contribution in [0.4, 0.5) is 0 Å². The number of aromatic nitrogens is 2. The van der Waals surface area contributed by atoms with Crippen LogP contribution in [0.1, 0.15) is 26.3 Å². The molecular formula is C17H23N3O2. The van der Waals surface area contributed by atoms with Crippen molar-refractivity contribution in [3.05, 3.63) is 46.2 Å². The van der Waals surface area contributed by atoms with E-state index < -0.39 is 0 Å². The summed E-state index contributed by atoms with van der Waals surface area (Å²) in [6, 6.07) is 9.62. The minimum absolute atomic E-state index is 0.0701. The van der Waals surface area contributed by atoms with Gasteiger partial charge in [0.15, 0.2) is 0 Å². The van der Waals surface area contributed by atoms with E-state index in [1.54, 1.807) is 7.05 Å². The topological polar surface area (TPSA) is 56.1 Å². The average molecular weight is 301 g/mol. The molecule has 0 aliphatic carbocycles. The van der Waals surface area contributed by atoms with Crippen molar-refractivity contribution >= 4 is 0 Å². The van der Waals surface area contributed by atoms with Crippen LogP contribution in [0.5, 0.6) is 5.75 Å². The smallest absolute Gasteiger partial charge is 0.271 e. The van der Waals surface area contributed by atoms with Crippen LogP contribution in [0, 0.1) is 0 Å². The van der Waals surface area contributed by atoms with Crippen LogP contribution in [0.15, 0.2) is 35.1 Å². The zero-order valence-electron chi connectivity index (χ0n) is 13.6. The van der Waals surface area contributed by atoms with Gasteiger partial charge < -0.3 is 10.1 Å². The van der Waals surface area contributed by atoms with E-state index in [0.717, 1.165) is 23.6 Å². The maximum Gasteiger partial charge on any atom is 0.271 e. The normalized spacial score (nSPS) is 11.0. The molecule has 5 nitrogen and oxygen atoms in total. The minimum atomic E-state index is -0.0701. The third-order valence-corrected chi connectivity index (χ3v) is 3.20. The molecule has 0 fully saturated rings. The van der Waals surface area contributed by atoms with Crippen LogP contribution < -0.4 is 15.6 Å². The highest BCUT2D eigenvalue weighted by molar-refractivity contribution is 5.61. The van der Waals surface area contributed by atoms with Crippen molar-refractivity contribution in [2.75, 3.05) is 6.54 Å². The molecule has 0 bridgehead atoms. The molecule has 0 unspecified atom stereocenters. The molecule has 0 radical (unpaired) electrons. The molecule has 1 aromatic heterocycles.